The molecule has 0 spiro atoms. The van der Waals surface area contributed by atoms with Crippen molar-refractivity contribution in [3.05, 3.63) is 65.2 Å². The summed E-state index contributed by atoms with van der Waals surface area (Å²) in [4.78, 5) is 0. The monoisotopic (exact) mass is 254 g/mol. The summed E-state index contributed by atoms with van der Waals surface area (Å²) in [6.45, 7) is 3.37. The first-order valence-corrected chi connectivity index (χ1v) is 6.72. The topological polar surface area (TPSA) is 18.5 Å². The van der Waals surface area contributed by atoms with Crippen molar-refractivity contribution in [3.63, 3.8) is 0 Å². The van der Waals surface area contributed by atoms with Crippen LogP contribution in [0.5, 0.6) is 5.75 Å². The van der Waals surface area contributed by atoms with Gasteiger partial charge in [-0.15, -0.1) is 0 Å². The molecule has 2 nitrogen and oxygen atoms in total. The molecule has 3 rings (SSSR count). The third-order valence-electron chi connectivity index (χ3n) is 3.49. The summed E-state index contributed by atoms with van der Waals surface area (Å²) in [7, 11) is 0. The van der Waals surface area contributed by atoms with Crippen molar-refractivity contribution in [2.75, 3.05) is 0 Å². The first-order chi connectivity index (χ1) is 9.33. The van der Waals surface area contributed by atoms with E-state index in [1.807, 2.05) is 24.3 Å². The van der Waals surface area contributed by atoms with Gasteiger partial charge in [0.05, 0.1) is 12.7 Å². The summed E-state index contributed by atoms with van der Waals surface area (Å²) in [6.07, 6.45) is 1.27. The van der Waals surface area contributed by atoms with E-state index in [1.54, 1.807) is 0 Å². The van der Waals surface area contributed by atoms with Crippen molar-refractivity contribution in [2.45, 2.75) is 32.7 Å². The SMILES string of the molecule is CC1Cc2cccc(OCc3ccccc3)c2CO1. The van der Waals surface area contributed by atoms with E-state index >= 15 is 0 Å². The second kappa shape index (κ2) is 5.45. The molecule has 0 radical (unpaired) electrons. The van der Waals surface area contributed by atoms with Gasteiger partial charge < -0.3 is 9.47 Å². The summed E-state index contributed by atoms with van der Waals surface area (Å²) in [6, 6.07) is 16.5. The molecular formula is C17H18O2. The van der Waals surface area contributed by atoms with Crippen LogP contribution in [0.1, 0.15) is 23.6 Å². The standard InChI is InChI=1S/C17H18O2/c1-13-10-15-8-5-9-17(16(15)12-18-13)19-11-14-6-3-2-4-7-14/h2-9,13H,10-12H2,1H3. The fourth-order valence-electron chi connectivity index (χ4n) is 2.43. The van der Waals surface area contributed by atoms with E-state index in [9.17, 15) is 0 Å². The molecule has 0 saturated carbocycles. The highest BCUT2D eigenvalue weighted by atomic mass is 16.5. The average molecular weight is 254 g/mol. The first-order valence-electron chi connectivity index (χ1n) is 6.72. The number of ether oxygens (including phenoxy) is 2. The number of hydrogen-bond donors (Lipinski definition) is 0. The molecule has 2 aromatic carbocycles. The molecule has 98 valence electrons. The molecular weight excluding hydrogens is 236 g/mol. The van der Waals surface area contributed by atoms with Gasteiger partial charge in [0.25, 0.3) is 0 Å². The van der Waals surface area contributed by atoms with Gasteiger partial charge in [-0.2, -0.15) is 0 Å². The van der Waals surface area contributed by atoms with E-state index in [2.05, 4.69) is 31.2 Å². The third-order valence-corrected chi connectivity index (χ3v) is 3.49. The van der Waals surface area contributed by atoms with Crippen molar-refractivity contribution < 1.29 is 9.47 Å². The second-order valence-corrected chi connectivity index (χ2v) is 4.99. The predicted molar refractivity (Wildman–Crippen MR) is 75.2 cm³/mol. The van der Waals surface area contributed by atoms with Crippen molar-refractivity contribution in [3.8, 4) is 5.75 Å². The zero-order valence-corrected chi connectivity index (χ0v) is 11.1. The molecule has 1 unspecified atom stereocenters. The van der Waals surface area contributed by atoms with Crippen LogP contribution in [0.2, 0.25) is 0 Å². The molecule has 0 amide bonds. The highest BCUT2D eigenvalue weighted by molar-refractivity contribution is 5.41. The molecule has 1 aliphatic heterocycles. The number of fused-ring (bicyclic) bond motifs is 1. The van der Waals surface area contributed by atoms with Crippen LogP contribution < -0.4 is 4.74 Å². The second-order valence-electron chi connectivity index (χ2n) is 4.99. The summed E-state index contributed by atoms with van der Waals surface area (Å²) >= 11 is 0. The van der Waals surface area contributed by atoms with E-state index in [4.69, 9.17) is 9.47 Å². The van der Waals surface area contributed by atoms with Gasteiger partial charge in [0.15, 0.2) is 0 Å². The third kappa shape index (κ3) is 2.79. The van der Waals surface area contributed by atoms with Crippen LogP contribution in [-0.2, 0) is 24.4 Å². The zero-order chi connectivity index (χ0) is 13.1. The maximum Gasteiger partial charge on any atom is 0.125 e. The molecule has 1 heterocycles. The fraction of sp³-hybridized carbons (Fsp3) is 0.294. The van der Waals surface area contributed by atoms with Crippen molar-refractivity contribution in [2.24, 2.45) is 0 Å². The first kappa shape index (κ1) is 12.2. The van der Waals surface area contributed by atoms with Gasteiger partial charge in [0.2, 0.25) is 0 Å². The number of hydrogen-bond acceptors (Lipinski definition) is 2. The van der Waals surface area contributed by atoms with Crippen molar-refractivity contribution in [1.82, 2.24) is 0 Å². The summed E-state index contributed by atoms with van der Waals surface area (Å²) < 4.78 is 11.7. The Bertz CT molecular complexity index is 548. The van der Waals surface area contributed by atoms with Crippen LogP contribution in [0.15, 0.2) is 48.5 Å². The van der Waals surface area contributed by atoms with E-state index in [-0.39, 0.29) is 0 Å². The van der Waals surface area contributed by atoms with Crippen LogP contribution in [-0.4, -0.2) is 6.10 Å². The largest absolute Gasteiger partial charge is 0.489 e. The van der Waals surface area contributed by atoms with Gasteiger partial charge >= 0.3 is 0 Å². The Morgan fingerprint density at radius 1 is 1.11 bits per heavy atom. The fourth-order valence-corrected chi connectivity index (χ4v) is 2.43. The smallest absolute Gasteiger partial charge is 0.125 e. The summed E-state index contributed by atoms with van der Waals surface area (Å²) in [5, 5.41) is 0. The molecule has 0 aromatic heterocycles. The van der Waals surface area contributed by atoms with Gasteiger partial charge in [0, 0.05) is 5.56 Å². The Morgan fingerprint density at radius 3 is 2.79 bits per heavy atom. The zero-order valence-electron chi connectivity index (χ0n) is 11.1. The van der Waals surface area contributed by atoms with E-state index in [1.165, 1.54) is 16.7 Å². The lowest BCUT2D eigenvalue weighted by Gasteiger charge is -2.24. The van der Waals surface area contributed by atoms with Gasteiger partial charge in [0.1, 0.15) is 12.4 Å². The predicted octanol–water partition coefficient (Wildman–Crippen LogP) is 3.73. The summed E-state index contributed by atoms with van der Waals surface area (Å²) in [5.41, 5.74) is 3.74. The minimum Gasteiger partial charge on any atom is -0.489 e. The molecule has 1 atom stereocenters. The molecule has 2 heteroatoms. The van der Waals surface area contributed by atoms with Crippen LogP contribution in [0.25, 0.3) is 0 Å². The Kier molecular flexibility index (Phi) is 3.51. The van der Waals surface area contributed by atoms with E-state index < -0.39 is 0 Å². The van der Waals surface area contributed by atoms with Crippen LogP contribution in [0.4, 0.5) is 0 Å². The van der Waals surface area contributed by atoms with Crippen molar-refractivity contribution >= 4 is 0 Å². The minimum absolute atomic E-state index is 0.303. The molecule has 0 bridgehead atoms. The van der Waals surface area contributed by atoms with Gasteiger partial charge in [-0.1, -0.05) is 42.5 Å². The highest BCUT2D eigenvalue weighted by Crippen LogP contribution is 2.29. The quantitative estimate of drug-likeness (QED) is 0.831. The van der Waals surface area contributed by atoms with E-state index in [0.717, 1.165) is 12.2 Å². The maximum atomic E-state index is 5.95. The molecule has 0 fully saturated rings. The van der Waals surface area contributed by atoms with Gasteiger partial charge in [-0.25, -0.2) is 0 Å². The van der Waals surface area contributed by atoms with E-state index in [0.29, 0.717) is 19.3 Å². The van der Waals surface area contributed by atoms with Gasteiger partial charge in [-0.3, -0.25) is 0 Å². The van der Waals surface area contributed by atoms with Crippen LogP contribution in [0, 0.1) is 0 Å². The lowest BCUT2D eigenvalue weighted by Crippen LogP contribution is -2.19. The highest BCUT2D eigenvalue weighted by Gasteiger charge is 2.18. The average Bonchev–Trinajstić information content (AvgIpc) is 2.45. The Labute approximate surface area is 114 Å². The lowest BCUT2D eigenvalue weighted by atomic mass is 9.99. The normalized spacial score (nSPS) is 17.8. The Morgan fingerprint density at radius 2 is 1.95 bits per heavy atom. The Balaban J connectivity index is 1.77. The van der Waals surface area contributed by atoms with Crippen LogP contribution in [0.3, 0.4) is 0 Å². The van der Waals surface area contributed by atoms with Crippen LogP contribution >= 0.6 is 0 Å². The Hall–Kier alpha value is -1.80. The number of rotatable bonds is 3. The minimum atomic E-state index is 0.303. The molecule has 19 heavy (non-hydrogen) atoms. The lowest BCUT2D eigenvalue weighted by molar-refractivity contribution is 0.0390. The molecule has 1 aliphatic rings. The van der Waals surface area contributed by atoms with Gasteiger partial charge in [-0.05, 0) is 30.5 Å². The summed E-state index contributed by atoms with van der Waals surface area (Å²) in [5.74, 6) is 0.952. The molecule has 0 saturated heterocycles. The molecule has 0 aliphatic carbocycles. The maximum absolute atomic E-state index is 5.95. The number of benzene rings is 2. The molecule has 0 N–H and O–H groups in total. The van der Waals surface area contributed by atoms with Crippen molar-refractivity contribution in [1.29, 1.82) is 0 Å². The molecule has 2 aromatic rings.